The predicted molar refractivity (Wildman–Crippen MR) is 150 cm³/mol. The highest BCUT2D eigenvalue weighted by molar-refractivity contribution is 8.00. The zero-order valence-electron chi connectivity index (χ0n) is 20.3. The highest BCUT2D eigenvalue weighted by Gasteiger charge is 2.48. The van der Waals surface area contributed by atoms with Crippen LogP contribution >= 0.6 is 34.7 Å². The van der Waals surface area contributed by atoms with E-state index in [-0.39, 0.29) is 10.0 Å². The van der Waals surface area contributed by atoms with E-state index in [1.165, 1.54) is 34.4 Å². The van der Waals surface area contributed by atoms with E-state index in [9.17, 15) is 18.3 Å². The number of amides is 1. The van der Waals surface area contributed by atoms with Gasteiger partial charge in [0.05, 0.1) is 4.90 Å². The van der Waals surface area contributed by atoms with E-state index in [1.54, 1.807) is 36.4 Å². The molecule has 3 aromatic carbocycles. The maximum absolute atomic E-state index is 13.8. The molecule has 1 N–H and O–H groups in total. The summed E-state index contributed by atoms with van der Waals surface area (Å²) in [6.07, 6.45) is 0. The van der Waals surface area contributed by atoms with Crippen LogP contribution < -0.4 is 4.90 Å². The van der Waals surface area contributed by atoms with Crippen molar-refractivity contribution in [2.75, 3.05) is 4.90 Å². The average Bonchev–Trinajstić information content (AvgIpc) is 3.47. The molecule has 4 aromatic rings. The number of hydrogen-bond acceptors (Lipinski definition) is 8. The first-order valence-corrected chi connectivity index (χ1v) is 15.2. The van der Waals surface area contributed by atoms with E-state index in [4.69, 9.17) is 11.6 Å². The molecule has 0 saturated heterocycles. The Kier molecular flexibility index (Phi) is 7.32. The number of aliphatic hydroxyl groups is 1. The average molecular weight is 584 g/mol. The van der Waals surface area contributed by atoms with Gasteiger partial charge in [-0.25, -0.2) is 8.42 Å². The topological polar surface area (TPSA) is 100 Å². The summed E-state index contributed by atoms with van der Waals surface area (Å²) in [4.78, 5) is 14.1. The number of carbonyl (C=O) groups excluding carboxylic acids is 1. The van der Waals surface area contributed by atoms with Crippen LogP contribution in [0.2, 0.25) is 5.02 Å². The number of aryl methyl sites for hydroxylation is 2. The summed E-state index contributed by atoms with van der Waals surface area (Å²) < 4.78 is 28.1. The Bertz CT molecular complexity index is 1630. The van der Waals surface area contributed by atoms with E-state index in [0.717, 1.165) is 22.5 Å². The molecule has 2 heterocycles. The van der Waals surface area contributed by atoms with E-state index < -0.39 is 32.5 Å². The van der Waals surface area contributed by atoms with Crippen LogP contribution in [0.3, 0.4) is 0 Å². The van der Waals surface area contributed by atoms with Gasteiger partial charge in [0.2, 0.25) is 15.0 Å². The number of aliphatic hydroxyl groups excluding tert-OH is 1. The van der Waals surface area contributed by atoms with Gasteiger partial charge in [0, 0.05) is 10.8 Å². The van der Waals surface area contributed by atoms with E-state index in [0.29, 0.717) is 20.7 Å². The van der Waals surface area contributed by atoms with Crippen molar-refractivity contribution < 1.29 is 18.3 Å². The van der Waals surface area contributed by atoms with Gasteiger partial charge in [-0.1, -0.05) is 94.4 Å². The molecule has 0 fully saturated rings. The molecule has 5 rings (SSSR count). The van der Waals surface area contributed by atoms with Crippen LogP contribution in [-0.2, 0) is 20.4 Å². The molecule has 0 saturated carbocycles. The van der Waals surface area contributed by atoms with Crippen LogP contribution in [0.5, 0.6) is 0 Å². The van der Waals surface area contributed by atoms with E-state index >= 15 is 0 Å². The zero-order chi connectivity index (χ0) is 27.0. The predicted octanol–water partition coefficient (Wildman–Crippen LogP) is 6.43. The quantitative estimate of drug-likeness (QED) is 0.197. The number of thioether (sulfide) groups is 1. The van der Waals surface area contributed by atoms with Gasteiger partial charge in [0.15, 0.2) is 10.1 Å². The molecule has 1 amide bonds. The number of rotatable bonds is 7. The minimum Gasteiger partial charge on any atom is -0.502 e. The number of aromatic nitrogens is 2. The SMILES string of the molecule is Cc1ccc(CSc2nnc(N3C(=O)C(O)=C(S(=O)(=O)c4ccc(C)cc4)C3c3ccc(Cl)cc3)s2)cc1. The summed E-state index contributed by atoms with van der Waals surface area (Å²) in [7, 11) is -4.24. The van der Waals surface area contributed by atoms with Gasteiger partial charge < -0.3 is 5.11 Å². The van der Waals surface area contributed by atoms with Crippen LogP contribution in [0, 0.1) is 13.8 Å². The van der Waals surface area contributed by atoms with Crippen molar-refractivity contribution in [3.8, 4) is 0 Å². The Morgan fingerprint density at radius 1 is 0.947 bits per heavy atom. The first kappa shape index (κ1) is 26.4. The summed E-state index contributed by atoms with van der Waals surface area (Å²) in [6, 6.07) is 19.7. The molecule has 1 aliphatic rings. The molecule has 0 radical (unpaired) electrons. The first-order valence-electron chi connectivity index (χ1n) is 11.5. The third kappa shape index (κ3) is 5.09. The lowest BCUT2D eigenvalue weighted by molar-refractivity contribution is -0.117. The normalized spacial score (nSPS) is 15.9. The number of benzene rings is 3. The summed E-state index contributed by atoms with van der Waals surface area (Å²) in [6.45, 7) is 3.86. The molecule has 1 aromatic heterocycles. The number of hydrogen-bond donors (Lipinski definition) is 1. The highest BCUT2D eigenvalue weighted by Crippen LogP contribution is 2.46. The van der Waals surface area contributed by atoms with Crippen LogP contribution in [0.15, 0.2) is 92.7 Å². The second kappa shape index (κ2) is 10.5. The second-order valence-corrected chi connectivity index (χ2v) is 13.3. The Morgan fingerprint density at radius 3 is 2.18 bits per heavy atom. The molecule has 0 aliphatic carbocycles. The second-order valence-electron chi connectivity index (χ2n) is 8.78. The summed E-state index contributed by atoms with van der Waals surface area (Å²) in [5.41, 5.74) is 3.62. The van der Waals surface area contributed by atoms with Crippen molar-refractivity contribution in [3.05, 3.63) is 111 Å². The Labute approximate surface area is 233 Å². The highest BCUT2D eigenvalue weighted by atomic mass is 35.5. The van der Waals surface area contributed by atoms with Crippen LogP contribution in [0.1, 0.15) is 28.3 Å². The van der Waals surface area contributed by atoms with Crippen molar-refractivity contribution in [1.29, 1.82) is 0 Å². The summed E-state index contributed by atoms with van der Waals surface area (Å²) in [5, 5.41) is 20.0. The Hall–Kier alpha value is -3.18. The van der Waals surface area contributed by atoms with Crippen LogP contribution in [0.4, 0.5) is 5.13 Å². The fourth-order valence-electron chi connectivity index (χ4n) is 4.03. The maximum atomic E-state index is 13.8. The van der Waals surface area contributed by atoms with Gasteiger partial charge in [-0.3, -0.25) is 9.69 Å². The third-order valence-electron chi connectivity index (χ3n) is 6.05. The molecule has 7 nitrogen and oxygen atoms in total. The van der Waals surface area contributed by atoms with Gasteiger partial charge in [0.25, 0.3) is 5.91 Å². The minimum atomic E-state index is -4.24. The molecular weight excluding hydrogens is 562 g/mol. The van der Waals surface area contributed by atoms with Gasteiger partial charge in [0.1, 0.15) is 10.9 Å². The monoisotopic (exact) mass is 583 g/mol. The number of halogens is 1. The lowest BCUT2D eigenvalue weighted by Crippen LogP contribution is -2.31. The molecule has 1 aliphatic heterocycles. The summed E-state index contributed by atoms with van der Waals surface area (Å²) >= 11 is 8.70. The molecule has 0 spiro atoms. The third-order valence-corrected chi connectivity index (χ3v) is 10.3. The maximum Gasteiger partial charge on any atom is 0.296 e. The van der Waals surface area contributed by atoms with Crippen molar-refractivity contribution in [2.24, 2.45) is 0 Å². The molecule has 38 heavy (non-hydrogen) atoms. The molecule has 1 atom stereocenters. The molecular formula is C27H22ClN3O4S3. The summed E-state index contributed by atoms with van der Waals surface area (Å²) in [5.74, 6) is -1.04. The van der Waals surface area contributed by atoms with Gasteiger partial charge in [-0.05, 0) is 49.2 Å². The van der Waals surface area contributed by atoms with E-state index in [1.807, 2.05) is 38.1 Å². The van der Waals surface area contributed by atoms with Crippen LogP contribution in [-0.4, -0.2) is 29.6 Å². The largest absolute Gasteiger partial charge is 0.502 e. The van der Waals surface area contributed by atoms with Crippen molar-refractivity contribution in [2.45, 2.75) is 34.9 Å². The number of carbonyl (C=O) groups is 1. The number of anilines is 1. The molecule has 11 heteroatoms. The van der Waals surface area contributed by atoms with Crippen molar-refractivity contribution >= 4 is 55.6 Å². The van der Waals surface area contributed by atoms with Crippen molar-refractivity contribution in [1.82, 2.24) is 10.2 Å². The van der Waals surface area contributed by atoms with Gasteiger partial charge >= 0.3 is 0 Å². The number of sulfone groups is 1. The zero-order valence-corrected chi connectivity index (χ0v) is 23.5. The molecule has 1 unspecified atom stereocenters. The smallest absolute Gasteiger partial charge is 0.296 e. The Morgan fingerprint density at radius 2 is 1.55 bits per heavy atom. The van der Waals surface area contributed by atoms with Gasteiger partial charge in [-0.15, -0.1) is 10.2 Å². The van der Waals surface area contributed by atoms with Crippen LogP contribution in [0.25, 0.3) is 0 Å². The standard InChI is InChI=1S/C27H22ClN3O4S3/c1-16-3-7-18(8-4-16)15-36-27-30-29-26(37-27)31-22(19-9-11-20(28)12-10-19)24(23(32)25(31)33)38(34,35)21-13-5-17(2)6-14-21/h3-14,22,32H,15H2,1-2H3. The lowest BCUT2D eigenvalue weighted by Gasteiger charge is -2.24. The van der Waals surface area contributed by atoms with Gasteiger partial charge in [-0.2, -0.15) is 0 Å². The molecule has 0 bridgehead atoms. The molecule has 194 valence electrons. The lowest BCUT2D eigenvalue weighted by atomic mass is 10.1. The van der Waals surface area contributed by atoms with Crippen molar-refractivity contribution in [3.63, 3.8) is 0 Å². The Balaban J connectivity index is 1.53. The first-order chi connectivity index (χ1) is 18.1. The number of nitrogens with zero attached hydrogens (tertiary/aromatic N) is 3. The fourth-order valence-corrected chi connectivity index (χ4v) is 7.61. The minimum absolute atomic E-state index is 0.0233. The van der Waals surface area contributed by atoms with E-state index in [2.05, 4.69) is 10.2 Å². The fraction of sp³-hybridized carbons (Fsp3) is 0.148.